The molecule has 2 atom stereocenters. The van der Waals surface area contributed by atoms with E-state index in [0.717, 1.165) is 27.6 Å². The molecule has 0 saturated carbocycles. The van der Waals surface area contributed by atoms with Gasteiger partial charge < -0.3 is 0 Å². The summed E-state index contributed by atoms with van der Waals surface area (Å²) in [6.45, 7) is -0.261. The van der Waals surface area contributed by atoms with E-state index in [2.05, 4.69) is 15.9 Å². The Morgan fingerprint density at radius 1 is 1.19 bits per heavy atom. The lowest BCUT2D eigenvalue weighted by molar-refractivity contribution is -0.484. The van der Waals surface area contributed by atoms with Gasteiger partial charge in [-0.2, -0.15) is 10.5 Å². The van der Waals surface area contributed by atoms with Crippen LogP contribution in [-0.4, -0.2) is 11.5 Å². The smallest absolute Gasteiger partial charge is 0.211 e. The van der Waals surface area contributed by atoms with Gasteiger partial charge in [-0.3, -0.25) is 10.1 Å². The van der Waals surface area contributed by atoms with E-state index in [1.807, 2.05) is 60.7 Å². The summed E-state index contributed by atoms with van der Waals surface area (Å²) in [7, 11) is 0. The fourth-order valence-electron chi connectivity index (χ4n) is 3.90. The molecule has 1 aliphatic carbocycles. The number of hydrogen-bond donors (Lipinski definition) is 0. The van der Waals surface area contributed by atoms with Crippen molar-refractivity contribution in [2.45, 2.75) is 18.8 Å². The minimum atomic E-state index is -0.435. The third-order valence-corrected chi connectivity index (χ3v) is 5.75. The van der Waals surface area contributed by atoms with Crippen molar-refractivity contribution in [1.29, 1.82) is 10.5 Å². The second-order valence-corrected chi connectivity index (χ2v) is 7.31. The number of nitrogens with zero attached hydrogens (tertiary/aromatic N) is 3. The van der Waals surface area contributed by atoms with Crippen molar-refractivity contribution in [2.24, 2.45) is 5.92 Å². The molecule has 0 N–H and O–H groups in total. The molecule has 2 aromatic rings. The van der Waals surface area contributed by atoms with Gasteiger partial charge in [-0.15, -0.1) is 0 Å². The summed E-state index contributed by atoms with van der Waals surface area (Å²) in [5, 5.41) is 30.5. The van der Waals surface area contributed by atoms with Crippen LogP contribution in [0.1, 0.15) is 29.0 Å². The molecule has 6 heteroatoms. The Balaban J connectivity index is 2.21. The highest BCUT2D eigenvalue weighted by Crippen LogP contribution is 2.46. The average Bonchev–Trinajstić information content (AvgIpc) is 2.68. The van der Waals surface area contributed by atoms with Gasteiger partial charge in [0.25, 0.3) is 0 Å². The molecule has 0 radical (unpaired) electrons. The molecule has 0 saturated heterocycles. The van der Waals surface area contributed by atoms with Crippen LogP contribution in [0.25, 0.3) is 5.57 Å². The van der Waals surface area contributed by atoms with Crippen molar-refractivity contribution < 1.29 is 4.92 Å². The molecule has 5 nitrogen and oxygen atoms in total. The molecule has 134 valence electrons. The Morgan fingerprint density at radius 3 is 2.52 bits per heavy atom. The van der Waals surface area contributed by atoms with Gasteiger partial charge in [0.15, 0.2) is 0 Å². The number of hydrogen-bond acceptors (Lipinski definition) is 4. The Labute approximate surface area is 165 Å². The van der Waals surface area contributed by atoms with E-state index in [0.29, 0.717) is 12.0 Å². The largest absolute Gasteiger partial charge is 0.265 e. The summed E-state index contributed by atoms with van der Waals surface area (Å²) in [6, 6.07) is 19.1. The number of allylic oxidation sites excluding steroid dienone is 2. The number of nitriles is 2. The summed E-state index contributed by atoms with van der Waals surface area (Å²) in [4.78, 5) is 11.1. The van der Waals surface area contributed by atoms with Gasteiger partial charge in [0.1, 0.15) is 17.7 Å². The predicted octanol–water partition coefficient (Wildman–Crippen LogP) is 4.87. The van der Waals surface area contributed by atoms with Gasteiger partial charge in [-0.05, 0) is 47.1 Å². The second kappa shape index (κ2) is 8.16. The van der Waals surface area contributed by atoms with E-state index < -0.39 is 5.92 Å². The monoisotopic (exact) mass is 421 g/mol. The van der Waals surface area contributed by atoms with Crippen LogP contribution in [0, 0.1) is 38.7 Å². The highest BCUT2D eigenvalue weighted by molar-refractivity contribution is 9.10. The van der Waals surface area contributed by atoms with Gasteiger partial charge in [0.2, 0.25) is 6.54 Å². The first kappa shape index (κ1) is 18.8. The Hall–Kier alpha value is -2.96. The van der Waals surface area contributed by atoms with Gasteiger partial charge in [0, 0.05) is 9.40 Å². The highest BCUT2D eigenvalue weighted by Gasteiger charge is 2.37. The van der Waals surface area contributed by atoms with E-state index in [4.69, 9.17) is 0 Å². The number of nitro groups is 1. The van der Waals surface area contributed by atoms with Crippen LogP contribution in [0.4, 0.5) is 0 Å². The Kier molecular flexibility index (Phi) is 5.69. The number of halogens is 1. The molecule has 0 aromatic heterocycles. The van der Waals surface area contributed by atoms with Crippen molar-refractivity contribution in [1.82, 2.24) is 0 Å². The molecule has 0 aliphatic heterocycles. The Bertz CT molecular complexity index is 985. The van der Waals surface area contributed by atoms with Crippen LogP contribution in [0.5, 0.6) is 0 Å². The lowest BCUT2D eigenvalue weighted by Gasteiger charge is -2.33. The molecular formula is C21H16BrN3O2. The topological polar surface area (TPSA) is 90.7 Å². The van der Waals surface area contributed by atoms with Gasteiger partial charge in [-0.25, -0.2) is 0 Å². The molecule has 0 spiro atoms. The van der Waals surface area contributed by atoms with Crippen LogP contribution in [0.2, 0.25) is 0 Å². The predicted molar refractivity (Wildman–Crippen MR) is 105 cm³/mol. The van der Waals surface area contributed by atoms with Crippen LogP contribution in [-0.2, 0) is 6.42 Å². The zero-order chi connectivity index (χ0) is 19.4. The zero-order valence-electron chi connectivity index (χ0n) is 14.4. The molecule has 2 aromatic carbocycles. The molecule has 0 unspecified atom stereocenters. The van der Waals surface area contributed by atoms with E-state index in [1.165, 1.54) is 0 Å². The van der Waals surface area contributed by atoms with E-state index in [9.17, 15) is 20.6 Å². The Morgan fingerprint density at radius 2 is 1.85 bits per heavy atom. The fraction of sp³-hybridized carbons (Fsp3) is 0.238. The maximum atomic E-state index is 11.4. The number of aryl methyl sites for hydroxylation is 1. The van der Waals surface area contributed by atoms with E-state index in [1.54, 1.807) is 0 Å². The first-order valence-corrected chi connectivity index (χ1v) is 9.35. The van der Waals surface area contributed by atoms with E-state index in [-0.39, 0.29) is 23.0 Å². The maximum Gasteiger partial charge on any atom is 0.211 e. The normalized spacial score (nSPS) is 16.6. The molecule has 27 heavy (non-hydrogen) atoms. The lowest BCUT2D eigenvalue weighted by Crippen LogP contribution is -2.27. The van der Waals surface area contributed by atoms with Crippen molar-refractivity contribution >= 4 is 21.5 Å². The lowest BCUT2D eigenvalue weighted by atomic mass is 9.70. The minimum absolute atomic E-state index is 0.0348. The molecule has 0 amide bonds. The van der Waals surface area contributed by atoms with Gasteiger partial charge in [-0.1, -0.05) is 58.4 Å². The molecule has 0 fully saturated rings. The zero-order valence-corrected chi connectivity index (χ0v) is 16.0. The number of fused-ring (bicyclic) bond motifs is 1. The third-order valence-electron chi connectivity index (χ3n) is 5.03. The van der Waals surface area contributed by atoms with Crippen LogP contribution >= 0.6 is 15.9 Å². The molecule has 0 bridgehead atoms. The summed E-state index contributed by atoms with van der Waals surface area (Å²) in [6.07, 6.45) is 1.41. The molecule has 0 heterocycles. The standard InChI is InChI=1S/C21H16BrN3O2/c22-20-8-4-3-7-17(20)19(13-25(26)27)18-10-9-14-5-1-2-6-16(14)21(18)15(11-23)12-24/h1-8,18-19H,9-10,13H2/t18-,19-/m0/s1. The first-order chi connectivity index (χ1) is 13.1. The summed E-state index contributed by atoms with van der Waals surface area (Å²) in [5.41, 5.74) is 3.41. The molecule has 1 aliphatic rings. The van der Waals surface area contributed by atoms with Gasteiger partial charge >= 0.3 is 0 Å². The summed E-state index contributed by atoms with van der Waals surface area (Å²) in [5.74, 6) is -0.714. The van der Waals surface area contributed by atoms with Gasteiger partial charge in [0.05, 0.1) is 5.92 Å². The van der Waals surface area contributed by atoms with Crippen molar-refractivity contribution in [3.8, 4) is 12.1 Å². The van der Waals surface area contributed by atoms with Crippen molar-refractivity contribution in [2.75, 3.05) is 6.54 Å². The summed E-state index contributed by atoms with van der Waals surface area (Å²) < 4.78 is 0.797. The molecule has 3 rings (SSSR count). The molecular weight excluding hydrogens is 406 g/mol. The van der Waals surface area contributed by atoms with E-state index >= 15 is 0 Å². The number of rotatable bonds is 4. The first-order valence-electron chi connectivity index (χ1n) is 8.55. The maximum absolute atomic E-state index is 11.4. The average molecular weight is 422 g/mol. The third kappa shape index (κ3) is 3.77. The highest BCUT2D eigenvalue weighted by atomic mass is 79.9. The number of benzene rings is 2. The van der Waals surface area contributed by atoms with Crippen molar-refractivity contribution in [3.05, 3.63) is 85.4 Å². The fourth-order valence-corrected chi connectivity index (χ4v) is 4.48. The summed E-state index contributed by atoms with van der Waals surface area (Å²) >= 11 is 3.51. The minimum Gasteiger partial charge on any atom is -0.265 e. The van der Waals surface area contributed by atoms with Crippen LogP contribution in [0.15, 0.2) is 58.6 Å². The second-order valence-electron chi connectivity index (χ2n) is 6.46. The van der Waals surface area contributed by atoms with Crippen molar-refractivity contribution in [3.63, 3.8) is 0 Å². The van der Waals surface area contributed by atoms with Crippen LogP contribution in [0.3, 0.4) is 0 Å². The quantitative estimate of drug-likeness (QED) is 0.399. The van der Waals surface area contributed by atoms with Crippen LogP contribution < -0.4 is 0 Å². The SMILES string of the molecule is N#CC(C#N)=C1c2ccccc2CC[C@H]1[C@@H](C[N+](=O)[O-])c1ccccc1Br.